The molecule has 0 saturated carbocycles. The minimum Gasteiger partial charge on any atom is -0.324 e. The maximum Gasteiger partial charge on any atom is 0.433 e. The van der Waals surface area contributed by atoms with Crippen LogP contribution in [-0.2, 0) is 19.1 Å². The first-order valence-electron chi connectivity index (χ1n) is 6.24. The van der Waals surface area contributed by atoms with Crippen molar-refractivity contribution in [1.29, 1.82) is 0 Å². The first-order valence-corrected chi connectivity index (χ1v) is 6.24. The lowest BCUT2D eigenvalue weighted by molar-refractivity contribution is -0.145. The lowest BCUT2D eigenvalue weighted by atomic mass is 9.76. The molecule has 1 aromatic rings. The molecule has 0 aliphatic carbocycles. The summed E-state index contributed by atoms with van der Waals surface area (Å²) in [6.07, 6.45) is -2.76. The highest BCUT2D eigenvalue weighted by Crippen LogP contribution is 2.39. The Balaban J connectivity index is 2.42. The minimum atomic E-state index is -4.31. The van der Waals surface area contributed by atoms with Gasteiger partial charge in [0.2, 0.25) is 0 Å². The molecule has 2 heterocycles. The Morgan fingerprint density at radius 2 is 1.83 bits per heavy atom. The average molecular weight is 260 g/mol. The van der Waals surface area contributed by atoms with Gasteiger partial charge in [0.1, 0.15) is 11.5 Å². The molecule has 1 aromatic heterocycles. The zero-order valence-corrected chi connectivity index (χ0v) is 11.2. The molecular weight excluding hydrogens is 241 g/mol. The van der Waals surface area contributed by atoms with Crippen molar-refractivity contribution in [3.8, 4) is 0 Å². The van der Waals surface area contributed by atoms with Crippen molar-refractivity contribution in [3.05, 3.63) is 17.2 Å². The molecule has 0 amide bonds. The Bertz CT molecular complexity index is 452. The molecule has 0 N–H and O–H groups in total. The fourth-order valence-electron chi connectivity index (χ4n) is 2.70. The summed E-state index contributed by atoms with van der Waals surface area (Å²) in [5, 5.41) is 0. The lowest BCUT2D eigenvalue weighted by Gasteiger charge is -2.35. The molecule has 1 aliphatic rings. The second kappa shape index (κ2) is 4.00. The van der Waals surface area contributed by atoms with Gasteiger partial charge in [0.05, 0.1) is 5.69 Å². The van der Waals surface area contributed by atoms with Crippen LogP contribution in [0.5, 0.6) is 0 Å². The second-order valence-electron chi connectivity index (χ2n) is 6.17. The molecule has 0 spiro atoms. The van der Waals surface area contributed by atoms with E-state index in [1.807, 2.05) is 0 Å². The van der Waals surface area contributed by atoms with Crippen molar-refractivity contribution in [2.75, 3.05) is 0 Å². The van der Waals surface area contributed by atoms with E-state index < -0.39 is 11.9 Å². The normalized spacial score (nSPS) is 20.9. The van der Waals surface area contributed by atoms with Gasteiger partial charge in [-0.15, -0.1) is 0 Å². The summed E-state index contributed by atoms with van der Waals surface area (Å²) in [6, 6.07) is 0. The smallest absolute Gasteiger partial charge is 0.324 e. The summed E-state index contributed by atoms with van der Waals surface area (Å²) in [4.78, 5) is 4.08. The predicted molar refractivity (Wildman–Crippen MR) is 63.2 cm³/mol. The van der Waals surface area contributed by atoms with Crippen molar-refractivity contribution in [2.24, 2.45) is 11.3 Å². The molecular formula is C13H19F3N2. The summed E-state index contributed by atoms with van der Waals surface area (Å²) >= 11 is 0. The maximum absolute atomic E-state index is 13.0. The fraction of sp³-hybridized carbons (Fsp3) is 0.769. The molecule has 0 saturated heterocycles. The van der Waals surface area contributed by atoms with E-state index in [1.165, 1.54) is 11.5 Å². The largest absolute Gasteiger partial charge is 0.433 e. The van der Waals surface area contributed by atoms with Crippen LogP contribution in [0, 0.1) is 18.3 Å². The summed E-state index contributed by atoms with van der Waals surface area (Å²) in [5.41, 5.74) is -0.433. The quantitative estimate of drug-likeness (QED) is 0.693. The fourth-order valence-corrected chi connectivity index (χ4v) is 2.70. The van der Waals surface area contributed by atoms with Gasteiger partial charge in [-0.1, -0.05) is 20.8 Å². The molecule has 2 rings (SSSR count). The van der Waals surface area contributed by atoms with Crippen LogP contribution >= 0.6 is 0 Å². The van der Waals surface area contributed by atoms with E-state index >= 15 is 0 Å². The number of rotatable bonds is 0. The second-order valence-corrected chi connectivity index (χ2v) is 6.17. The van der Waals surface area contributed by atoms with Crippen LogP contribution in [0.4, 0.5) is 13.2 Å². The zero-order chi connectivity index (χ0) is 13.7. The first-order chi connectivity index (χ1) is 8.10. The van der Waals surface area contributed by atoms with Crippen LogP contribution in [-0.4, -0.2) is 9.55 Å². The molecule has 18 heavy (non-hydrogen) atoms. The van der Waals surface area contributed by atoms with Crippen LogP contribution in [0.3, 0.4) is 0 Å². The minimum absolute atomic E-state index is 0.0265. The molecule has 0 fully saturated rings. The van der Waals surface area contributed by atoms with Gasteiger partial charge in [-0.3, -0.25) is 0 Å². The van der Waals surface area contributed by atoms with Gasteiger partial charge in [-0.2, -0.15) is 13.2 Å². The van der Waals surface area contributed by atoms with Gasteiger partial charge in [-0.05, 0) is 24.7 Å². The van der Waals surface area contributed by atoms with Crippen LogP contribution in [0.25, 0.3) is 0 Å². The van der Waals surface area contributed by atoms with Gasteiger partial charge in [0.15, 0.2) is 0 Å². The lowest BCUT2D eigenvalue weighted by Crippen LogP contribution is -2.32. The van der Waals surface area contributed by atoms with Gasteiger partial charge in [-0.25, -0.2) is 4.98 Å². The average Bonchev–Trinajstić information content (AvgIpc) is 2.49. The van der Waals surface area contributed by atoms with Gasteiger partial charge in [0.25, 0.3) is 0 Å². The number of alkyl halides is 3. The highest BCUT2D eigenvalue weighted by Gasteiger charge is 2.41. The van der Waals surface area contributed by atoms with E-state index in [-0.39, 0.29) is 17.0 Å². The summed E-state index contributed by atoms with van der Waals surface area (Å²) in [7, 11) is 0. The molecule has 0 radical (unpaired) electrons. The predicted octanol–water partition coefficient (Wildman–Crippen LogP) is 3.82. The first kappa shape index (κ1) is 13.4. The Kier molecular flexibility index (Phi) is 2.98. The highest BCUT2D eigenvalue weighted by atomic mass is 19.4. The van der Waals surface area contributed by atoms with Crippen molar-refractivity contribution in [3.63, 3.8) is 0 Å². The molecule has 2 nitrogen and oxygen atoms in total. The summed E-state index contributed by atoms with van der Waals surface area (Å²) in [5.74, 6) is 0.847. The molecule has 1 atom stereocenters. The third-order valence-electron chi connectivity index (χ3n) is 3.83. The number of hydrogen-bond acceptors (Lipinski definition) is 1. The zero-order valence-electron chi connectivity index (χ0n) is 11.2. The topological polar surface area (TPSA) is 17.8 Å². The van der Waals surface area contributed by atoms with E-state index in [1.54, 1.807) is 0 Å². The van der Waals surface area contributed by atoms with Crippen molar-refractivity contribution in [1.82, 2.24) is 9.55 Å². The maximum atomic E-state index is 13.0. The van der Waals surface area contributed by atoms with Crippen LogP contribution in [0.1, 0.15) is 44.4 Å². The third-order valence-corrected chi connectivity index (χ3v) is 3.83. The highest BCUT2D eigenvalue weighted by molar-refractivity contribution is 5.20. The molecule has 0 bridgehead atoms. The Morgan fingerprint density at radius 3 is 2.33 bits per heavy atom. The van der Waals surface area contributed by atoms with E-state index in [0.717, 1.165) is 6.42 Å². The summed E-state index contributed by atoms with van der Waals surface area (Å²) < 4.78 is 40.5. The Labute approximate surface area is 105 Å². The van der Waals surface area contributed by atoms with Crippen molar-refractivity contribution in [2.45, 2.75) is 53.3 Å². The number of imidazole rings is 1. The number of aromatic nitrogens is 2. The number of aryl methyl sites for hydroxylation is 2. The van der Waals surface area contributed by atoms with E-state index in [0.29, 0.717) is 18.8 Å². The SMILES string of the molecule is Cc1nc2n(c1C(F)(F)F)CC(C(C)(C)C)CC2. The molecule has 5 heteroatoms. The number of halogens is 3. The van der Waals surface area contributed by atoms with Crippen molar-refractivity contribution >= 4 is 0 Å². The molecule has 1 aliphatic heterocycles. The number of nitrogens with zero attached hydrogens (tertiary/aromatic N) is 2. The van der Waals surface area contributed by atoms with Crippen LogP contribution in [0.2, 0.25) is 0 Å². The molecule has 102 valence electrons. The Hall–Kier alpha value is -1.00. The van der Waals surface area contributed by atoms with E-state index in [2.05, 4.69) is 25.8 Å². The molecule has 0 aromatic carbocycles. The van der Waals surface area contributed by atoms with Gasteiger partial charge < -0.3 is 4.57 Å². The van der Waals surface area contributed by atoms with Crippen LogP contribution in [0.15, 0.2) is 0 Å². The number of fused-ring (bicyclic) bond motifs is 1. The monoisotopic (exact) mass is 260 g/mol. The van der Waals surface area contributed by atoms with Gasteiger partial charge >= 0.3 is 6.18 Å². The van der Waals surface area contributed by atoms with Crippen LogP contribution < -0.4 is 0 Å². The summed E-state index contributed by atoms with van der Waals surface area (Å²) in [6.45, 7) is 8.12. The van der Waals surface area contributed by atoms with E-state index in [9.17, 15) is 13.2 Å². The molecule has 1 unspecified atom stereocenters. The van der Waals surface area contributed by atoms with E-state index in [4.69, 9.17) is 0 Å². The van der Waals surface area contributed by atoms with Crippen molar-refractivity contribution < 1.29 is 13.2 Å². The Morgan fingerprint density at radius 1 is 1.22 bits per heavy atom. The van der Waals surface area contributed by atoms with Gasteiger partial charge in [0, 0.05) is 13.0 Å². The standard InChI is InChI=1S/C13H19F3N2/c1-8-11(13(14,15)16)18-7-9(12(2,3)4)5-6-10(18)17-8/h9H,5-7H2,1-4H3. The third kappa shape index (κ3) is 2.27. The number of hydrogen-bond donors (Lipinski definition) is 0.